The van der Waals surface area contributed by atoms with Crippen LogP contribution in [0.25, 0.3) is 0 Å². The molecule has 0 aromatic heterocycles. The van der Waals surface area contributed by atoms with Gasteiger partial charge in [0.1, 0.15) is 12.7 Å². The molecule has 1 saturated heterocycles. The minimum absolute atomic E-state index is 0.257. The van der Waals surface area contributed by atoms with E-state index >= 15 is 0 Å². The first-order chi connectivity index (χ1) is 3.75. The molecule has 1 heterocycles. The number of β-lactam (4-membered cyclic amide) rings is 1. The number of carbonyl (C=O) groups excluding carboxylic acids is 1. The number of hydrogen-bond acceptors (Lipinski definition) is 2. The summed E-state index contributed by atoms with van der Waals surface area (Å²) in [6.07, 6.45) is 0. The molecular weight excluding hydrogens is 111 g/mol. The molecule has 0 aliphatic carbocycles. The van der Waals surface area contributed by atoms with Crippen molar-refractivity contribution in [2.45, 2.75) is 12.1 Å². The molecule has 0 bridgehead atoms. The first kappa shape index (κ1) is 5.50. The number of nitrogens with one attached hydrogen (secondary N) is 1. The number of amides is 1. The largest absolute Gasteiger partial charge is 0.347 e. The quantitative estimate of drug-likeness (QED) is 0.424. The third-order valence-electron chi connectivity index (χ3n) is 1.23. The molecule has 46 valence electrons. The van der Waals surface area contributed by atoms with Crippen molar-refractivity contribution in [3.8, 4) is 0 Å². The van der Waals surface area contributed by atoms with Gasteiger partial charge in [-0.15, -0.1) is 0 Å². The van der Waals surface area contributed by atoms with Gasteiger partial charge in [0.2, 0.25) is 5.91 Å². The fourth-order valence-electron chi connectivity index (χ4n) is 0.590. The highest BCUT2D eigenvalue weighted by molar-refractivity contribution is 5.88. The summed E-state index contributed by atoms with van der Waals surface area (Å²) in [4.78, 5) is 10.2. The lowest BCUT2D eigenvalue weighted by atomic mass is 10.0. The van der Waals surface area contributed by atoms with E-state index in [-0.39, 0.29) is 5.91 Å². The highest BCUT2D eigenvalue weighted by Crippen LogP contribution is 2.02. The molecular formula is C4H7FN2O. The van der Waals surface area contributed by atoms with Crippen LogP contribution in [0.3, 0.4) is 0 Å². The summed E-state index contributed by atoms with van der Waals surface area (Å²) in [5.41, 5.74) is 5.12. The van der Waals surface area contributed by atoms with Gasteiger partial charge in [0.05, 0.1) is 6.04 Å². The molecule has 2 atom stereocenters. The third kappa shape index (κ3) is 0.571. The van der Waals surface area contributed by atoms with Gasteiger partial charge in [-0.1, -0.05) is 0 Å². The van der Waals surface area contributed by atoms with Gasteiger partial charge < -0.3 is 11.1 Å². The second-order valence-corrected chi connectivity index (χ2v) is 1.80. The molecule has 0 aromatic rings. The van der Waals surface area contributed by atoms with Crippen LogP contribution in [0.2, 0.25) is 0 Å². The smallest absolute Gasteiger partial charge is 0.239 e. The van der Waals surface area contributed by atoms with Crippen molar-refractivity contribution in [3.05, 3.63) is 0 Å². The summed E-state index contributed by atoms with van der Waals surface area (Å²) in [5, 5.41) is 2.30. The lowest BCUT2D eigenvalue weighted by molar-refractivity contribution is -0.130. The molecule has 1 aliphatic rings. The van der Waals surface area contributed by atoms with Crippen molar-refractivity contribution < 1.29 is 9.18 Å². The molecule has 2 unspecified atom stereocenters. The highest BCUT2D eigenvalue weighted by atomic mass is 19.1. The van der Waals surface area contributed by atoms with Gasteiger partial charge in [0.25, 0.3) is 0 Å². The molecule has 1 fully saturated rings. The number of rotatable bonds is 1. The van der Waals surface area contributed by atoms with Crippen molar-refractivity contribution in [3.63, 3.8) is 0 Å². The number of nitrogens with two attached hydrogens (primary N) is 1. The van der Waals surface area contributed by atoms with E-state index in [1.54, 1.807) is 0 Å². The average molecular weight is 118 g/mol. The maximum atomic E-state index is 11.6. The van der Waals surface area contributed by atoms with Crippen molar-refractivity contribution in [1.29, 1.82) is 0 Å². The number of carbonyl (C=O) groups is 1. The molecule has 0 spiro atoms. The highest BCUT2D eigenvalue weighted by Gasteiger charge is 2.35. The van der Waals surface area contributed by atoms with E-state index < -0.39 is 18.8 Å². The van der Waals surface area contributed by atoms with E-state index in [0.717, 1.165) is 0 Å². The Bertz CT molecular complexity index is 117. The molecule has 3 nitrogen and oxygen atoms in total. The van der Waals surface area contributed by atoms with Crippen LogP contribution in [-0.4, -0.2) is 24.7 Å². The van der Waals surface area contributed by atoms with Crippen LogP contribution in [-0.2, 0) is 4.79 Å². The monoisotopic (exact) mass is 118 g/mol. The molecule has 3 N–H and O–H groups in total. The van der Waals surface area contributed by atoms with E-state index in [2.05, 4.69) is 5.32 Å². The predicted molar refractivity (Wildman–Crippen MR) is 25.9 cm³/mol. The SMILES string of the molecule is NC1C(=O)NC1CF. The maximum absolute atomic E-state index is 11.6. The van der Waals surface area contributed by atoms with E-state index in [1.165, 1.54) is 0 Å². The molecule has 1 amide bonds. The molecule has 0 aromatic carbocycles. The van der Waals surface area contributed by atoms with Crippen LogP contribution in [0.1, 0.15) is 0 Å². The fourth-order valence-corrected chi connectivity index (χ4v) is 0.590. The maximum Gasteiger partial charge on any atom is 0.239 e. The molecule has 8 heavy (non-hydrogen) atoms. The van der Waals surface area contributed by atoms with E-state index in [1.807, 2.05) is 0 Å². The molecule has 4 heteroatoms. The topological polar surface area (TPSA) is 55.1 Å². The number of halogens is 1. The van der Waals surface area contributed by atoms with Gasteiger partial charge in [-0.2, -0.15) is 0 Å². The van der Waals surface area contributed by atoms with Crippen LogP contribution in [0.5, 0.6) is 0 Å². The second kappa shape index (κ2) is 1.70. The van der Waals surface area contributed by atoms with Crippen LogP contribution in [0.15, 0.2) is 0 Å². The number of hydrogen-bond donors (Lipinski definition) is 2. The summed E-state index contributed by atoms with van der Waals surface area (Å²) < 4.78 is 11.6. The Labute approximate surface area is 46.0 Å². The zero-order chi connectivity index (χ0) is 6.15. The lowest BCUT2D eigenvalue weighted by Gasteiger charge is -2.31. The van der Waals surface area contributed by atoms with Gasteiger partial charge >= 0.3 is 0 Å². The minimum atomic E-state index is -0.611. The summed E-state index contributed by atoms with van der Waals surface area (Å²) in [6, 6.07) is -1.04. The first-order valence-electron chi connectivity index (χ1n) is 2.37. The lowest BCUT2D eigenvalue weighted by Crippen LogP contribution is -2.67. The van der Waals surface area contributed by atoms with Crippen molar-refractivity contribution in [2.75, 3.05) is 6.67 Å². The fraction of sp³-hybridized carbons (Fsp3) is 0.750. The summed E-state index contributed by atoms with van der Waals surface area (Å²) in [6.45, 7) is -0.563. The van der Waals surface area contributed by atoms with Gasteiger partial charge in [-0.05, 0) is 0 Å². The molecule has 0 saturated carbocycles. The van der Waals surface area contributed by atoms with Crippen LogP contribution in [0.4, 0.5) is 4.39 Å². The second-order valence-electron chi connectivity index (χ2n) is 1.80. The average Bonchev–Trinajstić information content (AvgIpc) is 1.81. The van der Waals surface area contributed by atoms with Crippen molar-refractivity contribution >= 4 is 5.91 Å². The van der Waals surface area contributed by atoms with Gasteiger partial charge in [-0.3, -0.25) is 4.79 Å². The first-order valence-corrected chi connectivity index (χ1v) is 2.37. The van der Waals surface area contributed by atoms with Crippen LogP contribution in [0, 0.1) is 0 Å². The summed E-state index contributed by atoms with van der Waals surface area (Å²) in [5.74, 6) is -0.257. The normalized spacial score (nSPS) is 36.0. The summed E-state index contributed by atoms with van der Waals surface area (Å²) in [7, 11) is 0. The Morgan fingerprint density at radius 1 is 1.88 bits per heavy atom. The predicted octanol–water partition coefficient (Wildman–Crippen LogP) is -1.22. The Balaban J connectivity index is 2.35. The minimum Gasteiger partial charge on any atom is -0.347 e. The van der Waals surface area contributed by atoms with E-state index in [0.29, 0.717) is 0 Å². The van der Waals surface area contributed by atoms with Crippen molar-refractivity contribution in [2.24, 2.45) is 5.73 Å². The Hall–Kier alpha value is -0.640. The zero-order valence-electron chi connectivity index (χ0n) is 4.23. The van der Waals surface area contributed by atoms with E-state index in [9.17, 15) is 9.18 Å². The van der Waals surface area contributed by atoms with Crippen LogP contribution < -0.4 is 11.1 Å². The Kier molecular flexibility index (Phi) is 1.17. The number of alkyl halides is 1. The van der Waals surface area contributed by atoms with Crippen molar-refractivity contribution in [1.82, 2.24) is 5.32 Å². The Morgan fingerprint density at radius 3 is 2.62 bits per heavy atom. The molecule has 0 radical (unpaired) electrons. The summed E-state index contributed by atoms with van der Waals surface area (Å²) >= 11 is 0. The Morgan fingerprint density at radius 2 is 2.50 bits per heavy atom. The molecule has 1 aliphatic heterocycles. The van der Waals surface area contributed by atoms with Gasteiger partial charge in [0, 0.05) is 0 Å². The van der Waals surface area contributed by atoms with E-state index in [4.69, 9.17) is 5.73 Å². The van der Waals surface area contributed by atoms with Gasteiger partial charge in [0.15, 0.2) is 0 Å². The zero-order valence-corrected chi connectivity index (χ0v) is 4.23. The van der Waals surface area contributed by atoms with Crippen LogP contribution >= 0.6 is 0 Å². The van der Waals surface area contributed by atoms with Gasteiger partial charge in [-0.25, -0.2) is 4.39 Å². The third-order valence-corrected chi connectivity index (χ3v) is 1.23. The standard InChI is InChI=1S/C4H7FN2O/c5-1-2-3(6)4(8)7-2/h2-3H,1,6H2,(H,7,8). The molecule has 1 rings (SSSR count).